The SMILES string of the molecule is CC[C@H]1C[C@@H]2C[C@H]3c4[nH]c5ccccc5c4C(=O)C(=O)N(C2)[C@@H]13. The maximum atomic E-state index is 12.9. The summed E-state index contributed by atoms with van der Waals surface area (Å²) in [6.45, 7) is 2.97. The number of hydrogen-bond donors (Lipinski definition) is 1. The van der Waals surface area contributed by atoms with E-state index in [1.54, 1.807) is 0 Å². The van der Waals surface area contributed by atoms with Crippen molar-refractivity contribution in [3.05, 3.63) is 35.5 Å². The fourth-order valence-electron chi connectivity index (χ4n) is 5.35. The van der Waals surface area contributed by atoms with Gasteiger partial charge in [-0.2, -0.15) is 0 Å². The molecule has 3 aliphatic heterocycles. The monoisotopic (exact) mass is 308 g/mol. The van der Waals surface area contributed by atoms with Gasteiger partial charge in [-0.05, 0) is 30.7 Å². The fourth-order valence-corrected chi connectivity index (χ4v) is 5.35. The predicted molar refractivity (Wildman–Crippen MR) is 87.4 cm³/mol. The lowest BCUT2D eigenvalue weighted by Crippen LogP contribution is -2.58. The molecule has 1 aromatic heterocycles. The maximum Gasteiger partial charge on any atom is 0.295 e. The summed E-state index contributed by atoms with van der Waals surface area (Å²) in [6, 6.07) is 8.05. The van der Waals surface area contributed by atoms with Crippen LogP contribution in [0.15, 0.2) is 24.3 Å². The number of benzene rings is 1. The summed E-state index contributed by atoms with van der Waals surface area (Å²) in [5.41, 5.74) is 2.63. The number of nitrogens with one attached hydrogen (secondary N) is 1. The Morgan fingerprint density at radius 3 is 2.87 bits per heavy atom. The van der Waals surface area contributed by atoms with Crippen LogP contribution >= 0.6 is 0 Å². The lowest BCUT2D eigenvalue weighted by Gasteiger charge is -2.52. The van der Waals surface area contributed by atoms with Gasteiger partial charge in [0.25, 0.3) is 11.7 Å². The molecule has 6 rings (SSSR count). The quantitative estimate of drug-likeness (QED) is 0.823. The Balaban J connectivity index is 1.79. The molecule has 1 amide bonds. The number of fused-ring (bicyclic) bond motifs is 4. The van der Waals surface area contributed by atoms with Crippen molar-refractivity contribution in [2.75, 3.05) is 6.54 Å². The fraction of sp³-hybridized carbons (Fsp3) is 0.474. The predicted octanol–water partition coefficient (Wildman–Crippen LogP) is 3.09. The first-order valence-electron chi connectivity index (χ1n) is 8.65. The minimum Gasteiger partial charge on any atom is -0.357 e. The number of rotatable bonds is 1. The Bertz CT molecular complexity index is 837. The van der Waals surface area contributed by atoms with Gasteiger partial charge >= 0.3 is 0 Å². The summed E-state index contributed by atoms with van der Waals surface area (Å²) in [7, 11) is 0. The molecule has 0 spiro atoms. The van der Waals surface area contributed by atoms with E-state index in [1.165, 1.54) is 6.42 Å². The summed E-state index contributed by atoms with van der Waals surface area (Å²) in [5, 5.41) is 0.901. The van der Waals surface area contributed by atoms with Gasteiger partial charge in [0.2, 0.25) is 0 Å². The highest BCUT2D eigenvalue weighted by Gasteiger charge is 2.53. The zero-order valence-electron chi connectivity index (χ0n) is 13.2. The maximum absolute atomic E-state index is 12.9. The molecule has 0 unspecified atom stereocenters. The van der Waals surface area contributed by atoms with Gasteiger partial charge in [-0.1, -0.05) is 31.5 Å². The van der Waals surface area contributed by atoms with E-state index in [1.807, 2.05) is 29.2 Å². The van der Waals surface area contributed by atoms with Crippen LogP contribution in [0.4, 0.5) is 0 Å². The zero-order valence-corrected chi connectivity index (χ0v) is 13.2. The Morgan fingerprint density at radius 1 is 1.22 bits per heavy atom. The Hall–Kier alpha value is -2.10. The number of piperidine rings is 2. The second-order valence-corrected chi connectivity index (χ2v) is 7.35. The van der Waals surface area contributed by atoms with Crippen LogP contribution in [0.5, 0.6) is 0 Å². The molecule has 2 saturated heterocycles. The minimum absolute atomic E-state index is 0.191. The van der Waals surface area contributed by atoms with Crippen molar-refractivity contribution in [3.63, 3.8) is 0 Å². The molecule has 1 N–H and O–H groups in total. The highest BCUT2D eigenvalue weighted by atomic mass is 16.2. The van der Waals surface area contributed by atoms with Gasteiger partial charge in [0, 0.05) is 35.1 Å². The van der Waals surface area contributed by atoms with Crippen molar-refractivity contribution >= 4 is 22.6 Å². The lowest BCUT2D eigenvalue weighted by molar-refractivity contribution is -0.137. The molecule has 23 heavy (non-hydrogen) atoms. The summed E-state index contributed by atoms with van der Waals surface area (Å²) >= 11 is 0. The number of nitrogens with zero attached hydrogens (tertiary/aromatic N) is 1. The molecule has 2 aromatic rings. The third-order valence-electron chi connectivity index (χ3n) is 6.25. The summed E-state index contributed by atoms with van der Waals surface area (Å²) in [6.07, 6.45) is 3.37. The van der Waals surface area contributed by atoms with Gasteiger partial charge in [-0.3, -0.25) is 9.59 Å². The number of para-hydroxylation sites is 1. The van der Waals surface area contributed by atoms with E-state index in [9.17, 15) is 9.59 Å². The van der Waals surface area contributed by atoms with Crippen LogP contribution in [0.25, 0.3) is 10.9 Å². The Labute approximate surface area is 134 Å². The van der Waals surface area contributed by atoms with Crippen molar-refractivity contribution < 1.29 is 9.59 Å². The van der Waals surface area contributed by atoms with Gasteiger partial charge in [0.05, 0.1) is 5.56 Å². The standard InChI is InChI=1S/C19H20N2O2/c1-2-11-7-10-8-13-16-15(12-5-3-4-6-14(12)20-16)18(22)19(23)21(9-10)17(11)13/h3-6,10-11,13,17,20H,2,7-9H2,1H3/t10-,11+,13+,17+/m1/s1. The van der Waals surface area contributed by atoms with Gasteiger partial charge in [-0.25, -0.2) is 0 Å². The number of ketones is 1. The Morgan fingerprint density at radius 2 is 2.04 bits per heavy atom. The lowest BCUT2D eigenvalue weighted by atomic mass is 9.65. The first kappa shape index (κ1) is 13.3. The number of carbonyl (C=O) groups excluding carboxylic acids is 2. The second-order valence-electron chi connectivity index (χ2n) is 7.35. The number of Topliss-reactive ketones (excluding diaryl/α,β-unsaturated/α-hetero) is 1. The molecular weight excluding hydrogens is 288 g/mol. The first-order chi connectivity index (χ1) is 11.2. The van der Waals surface area contributed by atoms with Crippen molar-refractivity contribution in [1.82, 2.24) is 9.88 Å². The van der Waals surface area contributed by atoms with Crippen LogP contribution in [0, 0.1) is 11.8 Å². The molecular formula is C19H20N2O2. The molecule has 4 bridgehead atoms. The van der Waals surface area contributed by atoms with Gasteiger partial charge < -0.3 is 9.88 Å². The van der Waals surface area contributed by atoms with E-state index in [-0.39, 0.29) is 23.7 Å². The van der Waals surface area contributed by atoms with Crippen LogP contribution < -0.4 is 0 Å². The van der Waals surface area contributed by atoms with E-state index in [4.69, 9.17) is 0 Å². The van der Waals surface area contributed by atoms with Crippen LogP contribution in [-0.4, -0.2) is 34.2 Å². The number of carbonyl (C=O) groups is 2. The van der Waals surface area contributed by atoms with Crippen LogP contribution in [0.2, 0.25) is 0 Å². The van der Waals surface area contributed by atoms with Crippen molar-refractivity contribution in [2.45, 2.75) is 38.1 Å². The molecule has 4 atom stereocenters. The molecule has 0 radical (unpaired) electrons. The van der Waals surface area contributed by atoms with Crippen molar-refractivity contribution in [3.8, 4) is 0 Å². The average molecular weight is 308 g/mol. The average Bonchev–Trinajstić information content (AvgIpc) is 2.96. The number of aromatic amines is 1. The van der Waals surface area contributed by atoms with Crippen LogP contribution in [-0.2, 0) is 4.79 Å². The molecule has 1 aliphatic carbocycles. The van der Waals surface area contributed by atoms with E-state index < -0.39 is 0 Å². The van der Waals surface area contributed by atoms with Crippen molar-refractivity contribution in [1.29, 1.82) is 0 Å². The summed E-state index contributed by atoms with van der Waals surface area (Å²) < 4.78 is 0. The molecule has 118 valence electrons. The molecule has 1 aromatic carbocycles. The van der Waals surface area contributed by atoms with E-state index in [0.29, 0.717) is 17.4 Å². The van der Waals surface area contributed by atoms with Gasteiger partial charge in [0.15, 0.2) is 0 Å². The first-order valence-corrected chi connectivity index (χ1v) is 8.65. The largest absolute Gasteiger partial charge is 0.357 e. The summed E-state index contributed by atoms with van der Waals surface area (Å²) in [4.78, 5) is 31.2. The van der Waals surface area contributed by atoms with Crippen LogP contribution in [0.3, 0.4) is 0 Å². The molecule has 4 nitrogen and oxygen atoms in total. The van der Waals surface area contributed by atoms with E-state index in [2.05, 4.69) is 11.9 Å². The number of hydrogen-bond acceptors (Lipinski definition) is 2. The van der Waals surface area contributed by atoms with E-state index >= 15 is 0 Å². The van der Waals surface area contributed by atoms with Gasteiger partial charge in [0.1, 0.15) is 0 Å². The third-order valence-corrected chi connectivity index (χ3v) is 6.25. The smallest absolute Gasteiger partial charge is 0.295 e. The second kappa shape index (κ2) is 4.47. The zero-order chi connectivity index (χ0) is 15.7. The highest BCUT2D eigenvalue weighted by Crippen LogP contribution is 2.51. The third kappa shape index (κ3) is 1.61. The van der Waals surface area contributed by atoms with E-state index in [0.717, 1.165) is 36.0 Å². The topological polar surface area (TPSA) is 53.2 Å². The minimum atomic E-state index is -0.317. The molecule has 1 saturated carbocycles. The van der Waals surface area contributed by atoms with Crippen molar-refractivity contribution in [2.24, 2.45) is 11.8 Å². The Kier molecular flexibility index (Phi) is 2.59. The van der Waals surface area contributed by atoms with Gasteiger partial charge in [-0.15, -0.1) is 0 Å². The molecule has 4 aliphatic rings. The molecule has 3 fully saturated rings. The number of H-pyrrole nitrogens is 1. The van der Waals surface area contributed by atoms with Crippen LogP contribution in [0.1, 0.15) is 48.2 Å². The molecule has 4 heteroatoms. The normalized spacial score (nSPS) is 32.3. The highest BCUT2D eigenvalue weighted by molar-refractivity contribution is 6.45. The number of amides is 1. The summed E-state index contributed by atoms with van der Waals surface area (Å²) in [5.74, 6) is 0.727. The number of aromatic nitrogens is 1. The molecule has 4 heterocycles.